The van der Waals surface area contributed by atoms with Crippen LogP contribution in [0.5, 0.6) is 11.5 Å². The highest BCUT2D eigenvalue weighted by atomic mass is 16.7. The second kappa shape index (κ2) is 4.75. The molecular weight excluding hydrogens is 296 g/mol. The standard InChI is InChI=1S/C22H16O2/c1-15-6-8-20-17(14-15)10-12-22(23-20)13-11-19-18-5-3-2-4-16(18)7-9-21(19)24-22/h2-14H,1H3. The third kappa shape index (κ3) is 1.96. The summed E-state index contributed by atoms with van der Waals surface area (Å²) < 4.78 is 12.4. The Kier molecular flexibility index (Phi) is 2.66. The van der Waals surface area contributed by atoms with E-state index in [2.05, 4.69) is 61.5 Å². The van der Waals surface area contributed by atoms with E-state index < -0.39 is 5.79 Å². The van der Waals surface area contributed by atoms with Crippen LogP contribution in [0.15, 0.2) is 66.7 Å². The molecule has 3 aromatic rings. The summed E-state index contributed by atoms with van der Waals surface area (Å²) in [6, 6.07) is 18.6. The molecule has 1 spiro atoms. The fourth-order valence-electron chi connectivity index (χ4n) is 3.39. The summed E-state index contributed by atoms with van der Waals surface area (Å²) >= 11 is 0. The van der Waals surface area contributed by atoms with E-state index in [1.54, 1.807) is 0 Å². The molecule has 1 atom stereocenters. The van der Waals surface area contributed by atoms with E-state index in [0.717, 1.165) is 22.6 Å². The SMILES string of the molecule is Cc1ccc2c(c1)C=CC1(C=Cc3c(ccc4ccccc34)O1)O2. The van der Waals surface area contributed by atoms with Crippen molar-refractivity contribution >= 4 is 22.9 Å². The molecule has 24 heavy (non-hydrogen) atoms. The molecule has 2 heteroatoms. The third-order valence-corrected chi connectivity index (χ3v) is 4.61. The smallest absolute Gasteiger partial charge is 0.291 e. The number of ether oxygens (including phenoxy) is 2. The van der Waals surface area contributed by atoms with Gasteiger partial charge in [-0.25, -0.2) is 0 Å². The van der Waals surface area contributed by atoms with Crippen molar-refractivity contribution in [3.05, 3.63) is 83.4 Å². The summed E-state index contributed by atoms with van der Waals surface area (Å²) in [4.78, 5) is 0. The van der Waals surface area contributed by atoms with Gasteiger partial charge >= 0.3 is 0 Å². The summed E-state index contributed by atoms with van der Waals surface area (Å²) in [5.74, 6) is 0.825. The van der Waals surface area contributed by atoms with Gasteiger partial charge < -0.3 is 9.47 Å². The van der Waals surface area contributed by atoms with E-state index in [-0.39, 0.29) is 0 Å². The van der Waals surface area contributed by atoms with Gasteiger partial charge in [-0.3, -0.25) is 0 Å². The third-order valence-electron chi connectivity index (χ3n) is 4.61. The van der Waals surface area contributed by atoms with Crippen molar-refractivity contribution in [1.82, 2.24) is 0 Å². The van der Waals surface area contributed by atoms with Crippen molar-refractivity contribution in [2.75, 3.05) is 0 Å². The molecule has 2 aliphatic heterocycles. The van der Waals surface area contributed by atoms with Crippen LogP contribution in [-0.2, 0) is 0 Å². The maximum Gasteiger partial charge on any atom is 0.291 e. The Morgan fingerprint density at radius 2 is 1.58 bits per heavy atom. The zero-order valence-electron chi connectivity index (χ0n) is 13.3. The Bertz CT molecular complexity index is 1030. The molecule has 5 rings (SSSR count). The van der Waals surface area contributed by atoms with Crippen LogP contribution in [0.4, 0.5) is 0 Å². The predicted octanol–water partition coefficient (Wildman–Crippen LogP) is 5.36. The van der Waals surface area contributed by atoms with Crippen LogP contribution in [-0.4, -0.2) is 5.79 Å². The van der Waals surface area contributed by atoms with E-state index in [0.29, 0.717) is 0 Å². The van der Waals surface area contributed by atoms with Crippen LogP contribution in [0, 0.1) is 6.92 Å². The maximum atomic E-state index is 6.26. The van der Waals surface area contributed by atoms with Crippen molar-refractivity contribution in [3.63, 3.8) is 0 Å². The molecule has 0 amide bonds. The quantitative estimate of drug-likeness (QED) is 0.556. The van der Waals surface area contributed by atoms with E-state index in [1.807, 2.05) is 24.3 Å². The fraction of sp³-hybridized carbons (Fsp3) is 0.0909. The lowest BCUT2D eigenvalue weighted by atomic mass is 9.98. The molecule has 0 bridgehead atoms. The van der Waals surface area contributed by atoms with Crippen LogP contribution in [0.2, 0.25) is 0 Å². The van der Waals surface area contributed by atoms with Crippen LogP contribution in [0.3, 0.4) is 0 Å². The van der Waals surface area contributed by atoms with E-state index in [9.17, 15) is 0 Å². The minimum Gasteiger partial charge on any atom is -0.445 e. The van der Waals surface area contributed by atoms with Crippen molar-refractivity contribution in [1.29, 1.82) is 0 Å². The Morgan fingerprint density at radius 3 is 2.54 bits per heavy atom. The van der Waals surface area contributed by atoms with Gasteiger partial charge in [-0.2, -0.15) is 0 Å². The molecule has 0 radical (unpaired) electrons. The average Bonchev–Trinajstić information content (AvgIpc) is 2.62. The predicted molar refractivity (Wildman–Crippen MR) is 97.2 cm³/mol. The minimum absolute atomic E-state index is 0.844. The number of fused-ring (bicyclic) bond motifs is 4. The van der Waals surface area contributed by atoms with E-state index >= 15 is 0 Å². The molecule has 2 aliphatic rings. The van der Waals surface area contributed by atoms with E-state index in [4.69, 9.17) is 9.47 Å². The van der Waals surface area contributed by atoms with Crippen LogP contribution in [0.1, 0.15) is 16.7 Å². The fourth-order valence-corrected chi connectivity index (χ4v) is 3.39. The first kappa shape index (κ1) is 13.4. The lowest BCUT2D eigenvalue weighted by Crippen LogP contribution is -2.41. The van der Waals surface area contributed by atoms with Gasteiger partial charge in [0.05, 0.1) is 0 Å². The van der Waals surface area contributed by atoms with Crippen LogP contribution < -0.4 is 9.47 Å². The molecule has 2 heterocycles. The summed E-state index contributed by atoms with van der Waals surface area (Å²) in [5, 5.41) is 2.40. The first-order valence-corrected chi connectivity index (χ1v) is 8.11. The molecular formula is C22H16O2. The average molecular weight is 312 g/mol. The number of benzene rings is 3. The Morgan fingerprint density at radius 1 is 0.792 bits per heavy atom. The molecule has 0 fully saturated rings. The summed E-state index contributed by atoms with van der Waals surface area (Å²) in [7, 11) is 0. The van der Waals surface area contributed by atoms with Gasteiger partial charge in [0.1, 0.15) is 11.5 Å². The largest absolute Gasteiger partial charge is 0.445 e. The second-order valence-electron chi connectivity index (χ2n) is 6.33. The number of hydrogen-bond acceptors (Lipinski definition) is 2. The van der Waals surface area contributed by atoms with Crippen molar-refractivity contribution in [2.45, 2.75) is 12.7 Å². The molecule has 0 saturated carbocycles. The van der Waals surface area contributed by atoms with E-state index in [1.165, 1.54) is 16.3 Å². The molecule has 3 aromatic carbocycles. The second-order valence-corrected chi connectivity index (χ2v) is 6.33. The monoisotopic (exact) mass is 312 g/mol. The number of hydrogen-bond donors (Lipinski definition) is 0. The highest BCUT2D eigenvalue weighted by Crippen LogP contribution is 2.40. The van der Waals surface area contributed by atoms with Crippen LogP contribution in [0.25, 0.3) is 22.9 Å². The van der Waals surface area contributed by atoms with Crippen molar-refractivity contribution in [3.8, 4) is 11.5 Å². The lowest BCUT2D eigenvalue weighted by Gasteiger charge is -2.35. The first-order chi connectivity index (χ1) is 11.7. The molecule has 0 saturated heterocycles. The molecule has 116 valence electrons. The molecule has 0 N–H and O–H groups in total. The van der Waals surface area contributed by atoms with Gasteiger partial charge in [-0.1, -0.05) is 42.0 Å². The van der Waals surface area contributed by atoms with Crippen molar-refractivity contribution < 1.29 is 9.47 Å². The van der Waals surface area contributed by atoms with Crippen LogP contribution >= 0.6 is 0 Å². The maximum absolute atomic E-state index is 6.26. The van der Waals surface area contributed by atoms with Gasteiger partial charge in [-0.05, 0) is 48.0 Å². The van der Waals surface area contributed by atoms with Gasteiger partial charge in [0, 0.05) is 23.3 Å². The molecule has 0 aliphatic carbocycles. The highest BCUT2D eigenvalue weighted by molar-refractivity contribution is 5.93. The number of rotatable bonds is 0. The van der Waals surface area contributed by atoms with Gasteiger partial charge in [-0.15, -0.1) is 0 Å². The normalized spacial score (nSPS) is 20.4. The Balaban J connectivity index is 1.60. The molecule has 2 nitrogen and oxygen atoms in total. The Hall–Kier alpha value is -3.00. The zero-order chi connectivity index (χ0) is 16.1. The first-order valence-electron chi connectivity index (χ1n) is 8.11. The minimum atomic E-state index is -0.863. The summed E-state index contributed by atoms with van der Waals surface area (Å²) in [6.45, 7) is 2.08. The molecule has 1 unspecified atom stereocenters. The molecule has 0 aromatic heterocycles. The Labute approximate surface area is 140 Å². The van der Waals surface area contributed by atoms with Gasteiger partial charge in [0.2, 0.25) is 0 Å². The highest BCUT2D eigenvalue weighted by Gasteiger charge is 2.35. The summed E-state index contributed by atoms with van der Waals surface area (Å²) in [5.41, 5.74) is 3.40. The topological polar surface area (TPSA) is 18.5 Å². The van der Waals surface area contributed by atoms with Crippen molar-refractivity contribution in [2.24, 2.45) is 0 Å². The zero-order valence-corrected chi connectivity index (χ0v) is 13.3. The van der Waals surface area contributed by atoms with Gasteiger partial charge in [0.15, 0.2) is 0 Å². The summed E-state index contributed by atoms with van der Waals surface area (Å²) in [6.07, 6.45) is 8.14. The number of aryl methyl sites for hydroxylation is 1. The van der Waals surface area contributed by atoms with Gasteiger partial charge in [0.25, 0.3) is 5.79 Å². The lowest BCUT2D eigenvalue weighted by molar-refractivity contribution is -0.0306.